The van der Waals surface area contributed by atoms with Crippen LogP contribution >= 0.6 is 0 Å². The number of amides is 2. The number of hydrogen-bond donors (Lipinski definition) is 1. The van der Waals surface area contributed by atoms with Crippen LogP contribution in [0.4, 0.5) is 18.9 Å². The number of carbonyl (C=O) groups excluding carboxylic acids is 2. The quantitative estimate of drug-likeness (QED) is 0.401. The van der Waals surface area contributed by atoms with Crippen molar-refractivity contribution in [1.82, 2.24) is 24.6 Å². The van der Waals surface area contributed by atoms with E-state index in [4.69, 9.17) is 0 Å². The Labute approximate surface area is 214 Å². The zero-order valence-electron chi connectivity index (χ0n) is 20.1. The molecule has 0 saturated carbocycles. The summed E-state index contributed by atoms with van der Waals surface area (Å²) in [6.07, 6.45) is -1.74. The number of alkyl halides is 3. The fraction of sp³-hybridized carbons (Fsp3) is 0.269. The minimum Gasteiger partial charge on any atom is -0.354 e. The highest BCUT2D eigenvalue weighted by atomic mass is 19.4. The maximum Gasteiger partial charge on any atom is 0.416 e. The number of aromatic nitrogens is 4. The summed E-state index contributed by atoms with van der Waals surface area (Å²) in [4.78, 5) is 43.8. The van der Waals surface area contributed by atoms with E-state index in [-0.39, 0.29) is 43.3 Å². The first kappa shape index (κ1) is 25.2. The lowest BCUT2D eigenvalue weighted by molar-refractivity contribution is -0.137. The molecule has 1 fully saturated rings. The van der Waals surface area contributed by atoms with E-state index in [1.165, 1.54) is 33.9 Å². The Morgan fingerprint density at radius 3 is 2.63 bits per heavy atom. The van der Waals surface area contributed by atoms with Gasteiger partial charge in [-0.2, -0.15) is 18.3 Å². The molecule has 3 heterocycles. The van der Waals surface area contributed by atoms with Crippen molar-refractivity contribution < 1.29 is 22.8 Å². The average Bonchev–Trinajstić information content (AvgIpc) is 3.50. The molecule has 0 bridgehead atoms. The maximum atomic E-state index is 13.0. The zero-order chi connectivity index (χ0) is 26.9. The van der Waals surface area contributed by atoms with Gasteiger partial charge in [-0.15, -0.1) is 0 Å². The molecule has 2 amide bonds. The molecule has 1 atom stereocenters. The topological polar surface area (TPSA) is 102 Å². The molecule has 196 valence electrons. The summed E-state index contributed by atoms with van der Waals surface area (Å²) in [5.74, 6) is -0.831. The molecule has 0 spiro atoms. The number of carbonyl (C=O) groups is 2. The lowest BCUT2D eigenvalue weighted by Crippen LogP contribution is -2.35. The molecule has 0 radical (unpaired) electrons. The van der Waals surface area contributed by atoms with Crippen molar-refractivity contribution in [3.05, 3.63) is 88.6 Å². The van der Waals surface area contributed by atoms with Crippen molar-refractivity contribution >= 4 is 28.5 Å². The van der Waals surface area contributed by atoms with Crippen molar-refractivity contribution in [2.45, 2.75) is 25.7 Å². The molecular weight excluding hydrogens is 501 g/mol. The predicted octanol–water partition coefficient (Wildman–Crippen LogP) is 2.83. The minimum atomic E-state index is -4.48. The first-order chi connectivity index (χ1) is 18.2. The molecule has 5 rings (SSSR count). The van der Waals surface area contributed by atoms with Gasteiger partial charge in [0.25, 0.3) is 5.56 Å². The summed E-state index contributed by atoms with van der Waals surface area (Å²) in [5.41, 5.74) is 0.140. The van der Waals surface area contributed by atoms with Crippen LogP contribution in [0.2, 0.25) is 0 Å². The van der Waals surface area contributed by atoms with E-state index in [9.17, 15) is 27.6 Å². The molecule has 1 saturated heterocycles. The zero-order valence-corrected chi connectivity index (χ0v) is 20.1. The number of fused-ring (bicyclic) bond motifs is 1. The summed E-state index contributed by atoms with van der Waals surface area (Å²) in [6.45, 7) is 0.669. The van der Waals surface area contributed by atoms with E-state index in [2.05, 4.69) is 15.4 Å². The van der Waals surface area contributed by atoms with Gasteiger partial charge in [-0.3, -0.25) is 19.0 Å². The van der Waals surface area contributed by atoms with Crippen molar-refractivity contribution in [2.75, 3.05) is 18.0 Å². The SMILES string of the molecule is O=C(NCCn1ncc2c(=O)n(Cc3cccc(C(F)(F)F)c3)cnc21)C1CC(=O)N(c2ccccc2)C1. The second-order valence-electron chi connectivity index (χ2n) is 9.01. The number of nitrogens with zero attached hydrogens (tertiary/aromatic N) is 5. The number of para-hydroxylation sites is 1. The fourth-order valence-corrected chi connectivity index (χ4v) is 4.49. The standard InChI is InChI=1S/C26H23F3N6O3/c27-26(28,29)19-6-4-5-17(11-19)14-33-16-31-23-21(25(33)38)13-32-35(23)10-9-30-24(37)18-12-22(36)34(15-18)20-7-2-1-3-8-20/h1-8,11,13,16,18H,9-10,12,14-15H2,(H,30,37). The van der Waals surface area contributed by atoms with Crippen LogP contribution in [-0.2, 0) is 28.9 Å². The molecule has 1 unspecified atom stereocenters. The van der Waals surface area contributed by atoms with E-state index in [0.717, 1.165) is 17.8 Å². The Hall–Kier alpha value is -4.48. The van der Waals surface area contributed by atoms with Gasteiger partial charge in [-0.25, -0.2) is 9.67 Å². The third-order valence-corrected chi connectivity index (χ3v) is 6.42. The minimum absolute atomic E-state index is 0.0764. The highest BCUT2D eigenvalue weighted by molar-refractivity contribution is 6.00. The van der Waals surface area contributed by atoms with Crippen LogP contribution in [-0.4, -0.2) is 44.2 Å². The highest BCUT2D eigenvalue weighted by Gasteiger charge is 2.35. The predicted molar refractivity (Wildman–Crippen MR) is 132 cm³/mol. The summed E-state index contributed by atoms with van der Waals surface area (Å²) < 4.78 is 41.7. The van der Waals surface area contributed by atoms with Gasteiger partial charge in [0.15, 0.2) is 5.65 Å². The summed E-state index contributed by atoms with van der Waals surface area (Å²) in [5, 5.41) is 7.22. The number of halogens is 3. The van der Waals surface area contributed by atoms with E-state index in [1.54, 1.807) is 4.90 Å². The van der Waals surface area contributed by atoms with Gasteiger partial charge in [0, 0.05) is 25.2 Å². The van der Waals surface area contributed by atoms with Crippen molar-refractivity contribution in [3.63, 3.8) is 0 Å². The summed E-state index contributed by atoms with van der Waals surface area (Å²) >= 11 is 0. The molecule has 9 nitrogen and oxygen atoms in total. The third kappa shape index (κ3) is 5.15. The van der Waals surface area contributed by atoms with Gasteiger partial charge >= 0.3 is 6.18 Å². The van der Waals surface area contributed by atoms with E-state index in [1.807, 2.05) is 30.3 Å². The van der Waals surface area contributed by atoms with E-state index < -0.39 is 23.2 Å². The number of hydrogen-bond acceptors (Lipinski definition) is 5. The summed E-state index contributed by atoms with van der Waals surface area (Å²) in [7, 11) is 0. The third-order valence-electron chi connectivity index (χ3n) is 6.42. The van der Waals surface area contributed by atoms with Crippen LogP contribution in [0.5, 0.6) is 0 Å². The largest absolute Gasteiger partial charge is 0.416 e. The normalized spacial score (nSPS) is 15.8. The Balaban J connectivity index is 1.21. The molecule has 1 N–H and O–H groups in total. The first-order valence-corrected chi connectivity index (χ1v) is 11.9. The van der Waals surface area contributed by atoms with Crippen LogP contribution in [0.25, 0.3) is 11.0 Å². The monoisotopic (exact) mass is 524 g/mol. The number of anilines is 1. The lowest BCUT2D eigenvalue weighted by Gasteiger charge is -2.16. The molecule has 2 aromatic carbocycles. The van der Waals surface area contributed by atoms with Gasteiger partial charge in [-0.1, -0.05) is 30.3 Å². The molecule has 4 aromatic rings. The Bertz CT molecular complexity index is 1550. The molecule has 1 aliphatic rings. The van der Waals surface area contributed by atoms with Crippen LogP contribution in [0.1, 0.15) is 17.5 Å². The van der Waals surface area contributed by atoms with Gasteiger partial charge in [0.1, 0.15) is 11.7 Å². The first-order valence-electron chi connectivity index (χ1n) is 11.9. The van der Waals surface area contributed by atoms with Crippen LogP contribution in [0.15, 0.2) is 71.9 Å². The van der Waals surface area contributed by atoms with Crippen molar-refractivity contribution in [1.29, 1.82) is 0 Å². The van der Waals surface area contributed by atoms with Gasteiger partial charge in [0.05, 0.1) is 30.8 Å². The fourth-order valence-electron chi connectivity index (χ4n) is 4.49. The molecule has 38 heavy (non-hydrogen) atoms. The van der Waals surface area contributed by atoms with Gasteiger partial charge in [0.2, 0.25) is 11.8 Å². The second-order valence-corrected chi connectivity index (χ2v) is 9.01. The van der Waals surface area contributed by atoms with Gasteiger partial charge in [-0.05, 0) is 29.8 Å². The average molecular weight is 525 g/mol. The number of rotatable bonds is 7. The second kappa shape index (κ2) is 10.1. The Morgan fingerprint density at radius 2 is 1.87 bits per heavy atom. The van der Waals surface area contributed by atoms with Crippen LogP contribution in [0, 0.1) is 5.92 Å². The lowest BCUT2D eigenvalue weighted by atomic mass is 10.1. The summed E-state index contributed by atoms with van der Waals surface area (Å²) in [6, 6.07) is 13.9. The van der Waals surface area contributed by atoms with Crippen LogP contribution < -0.4 is 15.8 Å². The van der Waals surface area contributed by atoms with E-state index in [0.29, 0.717) is 17.8 Å². The Morgan fingerprint density at radius 1 is 1.08 bits per heavy atom. The smallest absolute Gasteiger partial charge is 0.354 e. The van der Waals surface area contributed by atoms with E-state index >= 15 is 0 Å². The maximum absolute atomic E-state index is 13.0. The Kier molecular flexibility index (Phi) is 6.70. The molecular formula is C26H23F3N6O3. The molecule has 2 aromatic heterocycles. The van der Waals surface area contributed by atoms with Gasteiger partial charge < -0.3 is 10.2 Å². The van der Waals surface area contributed by atoms with Crippen molar-refractivity contribution in [3.8, 4) is 0 Å². The molecule has 12 heteroatoms. The van der Waals surface area contributed by atoms with Crippen molar-refractivity contribution in [2.24, 2.45) is 5.92 Å². The number of nitrogens with one attached hydrogen (secondary N) is 1. The number of benzene rings is 2. The highest BCUT2D eigenvalue weighted by Crippen LogP contribution is 2.29. The molecule has 1 aliphatic heterocycles. The van der Waals surface area contributed by atoms with Crippen LogP contribution in [0.3, 0.4) is 0 Å². The molecule has 0 aliphatic carbocycles.